The lowest BCUT2D eigenvalue weighted by atomic mass is 10.1. The maximum absolute atomic E-state index is 11.7. The van der Waals surface area contributed by atoms with Gasteiger partial charge < -0.3 is 9.47 Å². The van der Waals surface area contributed by atoms with Crippen LogP contribution in [0.4, 0.5) is 0 Å². The lowest BCUT2D eigenvalue weighted by molar-refractivity contribution is -0.138. The molecule has 2 aromatic carbocycles. The van der Waals surface area contributed by atoms with Crippen LogP contribution < -0.4 is 0 Å². The first kappa shape index (κ1) is 16.5. The Hall–Kier alpha value is -2.88. The number of benzene rings is 2. The van der Waals surface area contributed by atoms with Gasteiger partial charge in [-0.05, 0) is 36.3 Å². The Morgan fingerprint density at radius 2 is 1.65 bits per heavy atom. The summed E-state index contributed by atoms with van der Waals surface area (Å²) in [6.07, 6.45) is 3.00. The number of hydrogen-bond donors (Lipinski definition) is 0. The molecule has 0 amide bonds. The highest BCUT2D eigenvalue weighted by Crippen LogP contribution is 2.08. The summed E-state index contributed by atoms with van der Waals surface area (Å²) in [6, 6.07) is 14.6. The third kappa shape index (κ3) is 5.11. The van der Waals surface area contributed by atoms with E-state index in [9.17, 15) is 9.59 Å². The van der Waals surface area contributed by atoms with E-state index in [0.717, 1.165) is 16.7 Å². The van der Waals surface area contributed by atoms with Crippen LogP contribution in [0.2, 0.25) is 0 Å². The van der Waals surface area contributed by atoms with Gasteiger partial charge in [-0.3, -0.25) is 0 Å². The van der Waals surface area contributed by atoms with Gasteiger partial charge in [0.15, 0.2) is 0 Å². The summed E-state index contributed by atoms with van der Waals surface area (Å²) in [6.45, 7) is 2.24. The van der Waals surface area contributed by atoms with E-state index in [1.165, 1.54) is 13.2 Å². The van der Waals surface area contributed by atoms with Gasteiger partial charge in [-0.2, -0.15) is 0 Å². The molecule has 0 radical (unpaired) electrons. The number of esters is 2. The third-order valence-electron chi connectivity index (χ3n) is 3.25. The standard InChI is InChI=1S/C19H18O4/c1-14-3-5-16(6-4-14)13-23-18(20)12-9-15-7-10-17(11-8-15)19(21)22-2/h3-12H,13H2,1-2H3/b12-9+. The monoisotopic (exact) mass is 310 g/mol. The number of methoxy groups -OCH3 is 1. The zero-order valence-electron chi connectivity index (χ0n) is 13.1. The van der Waals surface area contributed by atoms with E-state index in [-0.39, 0.29) is 6.61 Å². The zero-order chi connectivity index (χ0) is 16.7. The Morgan fingerprint density at radius 1 is 1.00 bits per heavy atom. The van der Waals surface area contributed by atoms with Gasteiger partial charge in [0, 0.05) is 6.08 Å². The summed E-state index contributed by atoms with van der Waals surface area (Å²) in [5, 5.41) is 0. The van der Waals surface area contributed by atoms with Crippen LogP contribution in [-0.4, -0.2) is 19.0 Å². The Morgan fingerprint density at radius 3 is 2.26 bits per heavy atom. The zero-order valence-corrected chi connectivity index (χ0v) is 13.1. The first-order chi connectivity index (χ1) is 11.1. The molecule has 23 heavy (non-hydrogen) atoms. The molecule has 0 saturated heterocycles. The van der Waals surface area contributed by atoms with E-state index < -0.39 is 11.9 Å². The number of rotatable bonds is 5. The topological polar surface area (TPSA) is 52.6 Å². The van der Waals surface area contributed by atoms with Crippen molar-refractivity contribution >= 4 is 18.0 Å². The second kappa shape index (κ2) is 7.94. The second-order valence-corrected chi connectivity index (χ2v) is 5.04. The highest BCUT2D eigenvalue weighted by Gasteiger charge is 2.03. The molecule has 0 N–H and O–H groups in total. The predicted molar refractivity (Wildman–Crippen MR) is 87.8 cm³/mol. The molecule has 118 valence electrons. The fourth-order valence-electron chi connectivity index (χ4n) is 1.90. The molecule has 4 heteroatoms. The highest BCUT2D eigenvalue weighted by molar-refractivity contribution is 5.90. The number of ether oxygens (including phenoxy) is 2. The largest absolute Gasteiger partial charge is 0.465 e. The molecule has 0 aromatic heterocycles. The quantitative estimate of drug-likeness (QED) is 0.626. The van der Waals surface area contributed by atoms with Crippen molar-refractivity contribution in [3.8, 4) is 0 Å². The van der Waals surface area contributed by atoms with Gasteiger partial charge in [-0.1, -0.05) is 42.0 Å². The lowest BCUT2D eigenvalue weighted by Gasteiger charge is -2.03. The van der Waals surface area contributed by atoms with Crippen LogP contribution in [0.25, 0.3) is 6.08 Å². The molecule has 0 unspecified atom stereocenters. The molecule has 4 nitrogen and oxygen atoms in total. The first-order valence-corrected chi connectivity index (χ1v) is 7.17. The summed E-state index contributed by atoms with van der Waals surface area (Å²) in [7, 11) is 1.33. The predicted octanol–water partition coefficient (Wildman–Crippen LogP) is 3.54. The Kier molecular flexibility index (Phi) is 5.69. The molecule has 0 bridgehead atoms. The molecule has 0 aliphatic heterocycles. The Bertz CT molecular complexity index is 697. The maximum atomic E-state index is 11.7. The van der Waals surface area contributed by atoms with Crippen LogP contribution >= 0.6 is 0 Å². The molecular weight excluding hydrogens is 292 g/mol. The molecule has 2 rings (SSSR count). The smallest absolute Gasteiger partial charge is 0.337 e. The number of carbonyl (C=O) groups is 2. The summed E-state index contributed by atoms with van der Waals surface area (Å²) in [4.78, 5) is 23.0. The molecule has 2 aromatic rings. The van der Waals surface area contributed by atoms with Crippen LogP contribution in [0.3, 0.4) is 0 Å². The summed E-state index contributed by atoms with van der Waals surface area (Å²) >= 11 is 0. The molecule has 0 aliphatic rings. The second-order valence-electron chi connectivity index (χ2n) is 5.04. The van der Waals surface area contributed by atoms with Gasteiger partial charge in [0.25, 0.3) is 0 Å². The molecular formula is C19H18O4. The van der Waals surface area contributed by atoms with Crippen molar-refractivity contribution in [2.24, 2.45) is 0 Å². The Balaban J connectivity index is 1.88. The van der Waals surface area contributed by atoms with Crippen molar-refractivity contribution in [1.29, 1.82) is 0 Å². The van der Waals surface area contributed by atoms with Crippen LogP contribution in [-0.2, 0) is 20.9 Å². The number of aryl methyl sites for hydroxylation is 1. The van der Waals surface area contributed by atoms with E-state index in [1.54, 1.807) is 30.3 Å². The maximum Gasteiger partial charge on any atom is 0.337 e. The fourth-order valence-corrected chi connectivity index (χ4v) is 1.90. The van der Waals surface area contributed by atoms with E-state index in [2.05, 4.69) is 4.74 Å². The van der Waals surface area contributed by atoms with E-state index >= 15 is 0 Å². The summed E-state index contributed by atoms with van der Waals surface area (Å²) in [5.41, 5.74) is 3.37. The van der Waals surface area contributed by atoms with Crippen molar-refractivity contribution in [2.75, 3.05) is 7.11 Å². The lowest BCUT2D eigenvalue weighted by Crippen LogP contribution is -2.01. The molecule has 0 atom stereocenters. The Labute approximate surface area is 135 Å². The normalized spacial score (nSPS) is 10.5. The molecule has 0 fully saturated rings. The summed E-state index contributed by atoms with van der Waals surface area (Å²) < 4.78 is 9.79. The first-order valence-electron chi connectivity index (χ1n) is 7.17. The van der Waals surface area contributed by atoms with Crippen LogP contribution in [0.1, 0.15) is 27.0 Å². The van der Waals surface area contributed by atoms with E-state index in [4.69, 9.17) is 4.74 Å². The van der Waals surface area contributed by atoms with E-state index in [1.807, 2.05) is 31.2 Å². The molecule has 0 heterocycles. The van der Waals surface area contributed by atoms with E-state index in [0.29, 0.717) is 5.56 Å². The average molecular weight is 310 g/mol. The molecule has 0 aliphatic carbocycles. The van der Waals surface area contributed by atoms with Gasteiger partial charge in [0.05, 0.1) is 12.7 Å². The number of carbonyl (C=O) groups excluding carboxylic acids is 2. The minimum absolute atomic E-state index is 0.241. The van der Waals surface area contributed by atoms with Crippen LogP contribution in [0, 0.1) is 6.92 Å². The minimum atomic E-state index is -0.414. The van der Waals surface area contributed by atoms with Gasteiger partial charge in [0.1, 0.15) is 6.61 Å². The third-order valence-corrected chi connectivity index (χ3v) is 3.25. The van der Waals surface area contributed by atoms with Crippen molar-refractivity contribution < 1.29 is 19.1 Å². The van der Waals surface area contributed by atoms with Crippen molar-refractivity contribution in [3.05, 3.63) is 76.9 Å². The average Bonchev–Trinajstić information content (AvgIpc) is 2.59. The highest BCUT2D eigenvalue weighted by atomic mass is 16.5. The van der Waals surface area contributed by atoms with Gasteiger partial charge in [0.2, 0.25) is 0 Å². The van der Waals surface area contributed by atoms with Crippen LogP contribution in [0.5, 0.6) is 0 Å². The molecule has 0 saturated carbocycles. The minimum Gasteiger partial charge on any atom is -0.465 e. The number of hydrogen-bond acceptors (Lipinski definition) is 4. The van der Waals surface area contributed by atoms with Crippen molar-refractivity contribution in [3.63, 3.8) is 0 Å². The van der Waals surface area contributed by atoms with Crippen molar-refractivity contribution in [1.82, 2.24) is 0 Å². The van der Waals surface area contributed by atoms with Gasteiger partial charge >= 0.3 is 11.9 Å². The van der Waals surface area contributed by atoms with Gasteiger partial charge in [-0.15, -0.1) is 0 Å². The SMILES string of the molecule is COC(=O)c1ccc(/C=C/C(=O)OCc2ccc(C)cc2)cc1. The summed E-state index contributed by atoms with van der Waals surface area (Å²) in [5.74, 6) is -0.805. The van der Waals surface area contributed by atoms with Crippen LogP contribution in [0.15, 0.2) is 54.6 Å². The fraction of sp³-hybridized carbons (Fsp3) is 0.158. The van der Waals surface area contributed by atoms with Crippen molar-refractivity contribution in [2.45, 2.75) is 13.5 Å². The van der Waals surface area contributed by atoms with Gasteiger partial charge in [-0.25, -0.2) is 9.59 Å². The molecule has 0 spiro atoms.